The van der Waals surface area contributed by atoms with Crippen LogP contribution in [0.3, 0.4) is 0 Å². The second-order valence-corrected chi connectivity index (χ2v) is 5.85. The Morgan fingerprint density at radius 2 is 1.56 bits per heavy atom. The predicted octanol–water partition coefficient (Wildman–Crippen LogP) is 4.19. The van der Waals surface area contributed by atoms with Gasteiger partial charge in [0, 0.05) is 12.8 Å². The van der Waals surface area contributed by atoms with Crippen molar-refractivity contribution in [1.29, 1.82) is 0 Å². The van der Waals surface area contributed by atoms with E-state index in [1.807, 2.05) is 27.7 Å². The number of ketones is 1. The summed E-state index contributed by atoms with van der Waals surface area (Å²) in [5, 5.41) is 10.1. The molecule has 2 heteroatoms. The average molecular weight is 252 g/mol. The van der Waals surface area contributed by atoms with Crippen LogP contribution in [0, 0.1) is 0 Å². The molecule has 0 fully saturated rings. The number of hydrogen-bond acceptors (Lipinski definition) is 2. The highest BCUT2D eigenvalue weighted by atomic mass is 16.3. The molecule has 1 N–H and O–H groups in total. The molecule has 0 saturated heterocycles. The lowest BCUT2D eigenvalue weighted by atomic mass is 9.92. The lowest BCUT2D eigenvalue weighted by Crippen LogP contribution is -2.27. The fourth-order valence-corrected chi connectivity index (χ4v) is 1.80. The maximum Gasteiger partial charge on any atom is 0.136 e. The standard InChI is InChI=1S/C16H28O2/c1-13(2)8-6-10-15(17)12-16(5,18)11-7-9-14(3)4/h8-9,18H,6-7,10-12H2,1-5H3. The van der Waals surface area contributed by atoms with Crippen LogP contribution in [0.5, 0.6) is 0 Å². The molecule has 104 valence electrons. The van der Waals surface area contributed by atoms with E-state index in [9.17, 15) is 9.90 Å². The maximum absolute atomic E-state index is 11.7. The van der Waals surface area contributed by atoms with E-state index in [0.29, 0.717) is 12.8 Å². The first-order valence-electron chi connectivity index (χ1n) is 6.74. The molecule has 0 aliphatic carbocycles. The van der Waals surface area contributed by atoms with E-state index < -0.39 is 5.60 Å². The average Bonchev–Trinajstić information content (AvgIpc) is 2.14. The summed E-state index contributed by atoms with van der Waals surface area (Å²) in [6, 6.07) is 0. The number of carbonyl (C=O) groups excluding carboxylic acids is 1. The lowest BCUT2D eigenvalue weighted by molar-refractivity contribution is -0.123. The van der Waals surface area contributed by atoms with Gasteiger partial charge in [0.05, 0.1) is 5.60 Å². The van der Waals surface area contributed by atoms with Crippen LogP contribution in [0.1, 0.15) is 66.7 Å². The van der Waals surface area contributed by atoms with Crippen LogP contribution in [-0.4, -0.2) is 16.5 Å². The normalized spacial score (nSPS) is 13.7. The third kappa shape index (κ3) is 10.3. The maximum atomic E-state index is 11.7. The van der Waals surface area contributed by atoms with Crippen LogP contribution >= 0.6 is 0 Å². The van der Waals surface area contributed by atoms with Crippen molar-refractivity contribution in [3.05, 3.63) is 23.3 Å². The fourth-order valence-electron chi connectivity index (χ4n) is 1.80. The van der Waals surface area contributed by atoms with Crippen molar-refractivity contribution in [2.24, 2.45) is 0 Å². The Morgan fingerprint density at radius 1 is 1.06 bits per heavy atom. The van der Waals surface area contributed by atoms with Crippen molar-refractivity contribution < 1.29 is 9.90 Å². The molecule has 18 heavy (non-hydrogen) atoms. The van der Waals surface area contributed by atoms with Crippen molar-refractivity contribution in [1.82, 2.24) is 0 Å². The monoisotopic (exact) mass is 252 g/mol. The van der Waals surface area contributed by atoms with Gasteiger partial charge in [-0.25, -0.2) is 0 Å². The zero-order chi connectivity index (χ0) is 14.2. The molecule has 0 aliphatic rings. The molecule has 0 heterocycles. The number of carbonyl (C=O) groups is 1. The van der Waals surface area contributed by atoms with Crippen molar-refractivity contribution >= 4 is 5.78 Å². The summed E-state index contributed by atoms with van der Waals surface area (Å²) in [5.41, 5.74) is 1.62. The van der Waals surface area contributed by atoms with Gasteiger partial charge in [0.15, 0.2) is 0 Å². The molecule has 0 aliphatic heterocycles. The zero-order valence-electron chi connectivity index (χ0n) is 12.5. The van der Waals surface area contributed by atoms with Crippen molar-refractivity contribution in [2.45, 2.75) is 72.3 Å². The molecule has 0 saturated carbocycles. The molecule has 1 atom stereocenters. The van der Waals surface area contributed by atoms with Crippen LogP contribution < -0.4 is 0 Å². The largest absolute Gasteiger partial charge is 0.390 e. The summed E-state index contributed by atoms with van der Waals surface area (Å²) in [4.78, 5) is 11.7. The minimum absolute atomic E-state index is 0.148. The van der Waals surface area contributed by atoms with Gasteiger partial charge < -0.3 is 5.11 Å². The van der Waals surface area contributed by atoms with E-state index in [1.165, 1.54) is 11.1 Å². The van der Waals surface area contributed by atoms with E-state index in [0.717, 1.165) is 12.8 Å². The lowest BCUT2D eigenvalue weighted by Gasteiger charge is -2.21. The number of aliphatic hydroxyl groups is 1. The number of rotatable bonds is 8. The summed E-state index contributed by atoms with van der Waals surface area (Å²) in [6.07, 6.45) is 7.22. The van der Waals surface area contributed by atoms with E-state index in [4.69, 9.17) is 0 Å². The van der Waals surface area contributed by atoms with Crippen LogP contribution in [-0.2, 0) is 4.79 Å². The molecular weight excluding hydrogens is 224 g/mol. The van der Waals surface area contributed by atoms with Gasteiger partial charge >= 0.3 is 0 Å². The van der Waals surface area contributed by atoms with Crippen LogP contribution in [0.2, 0.25) is 0 Å². The smallest absolute Gasteiger partial charge is 0.136 e. The topological polar surface area (TPSA) is 37.3 Å². The molecule has 0 spiro atoms. The van der Waals surface area contributed by atoms with Gasteiger partial charge in [-0.2, -0.15) is 0 Å². The summed E-state index contributed by atoms with van der Waals surface area (Å²) in [6.45, 7) is 9.89. The van der Waals surface area contributed by atoms with Gasteiger partial charge in [-0.15, -0.1) is 0 Å². The quantitative estimate of drug-likeness (QED) is 0.658. The van der Waals surface area contributed by atoms with Gasteiger partial charge in [0.25, 0.3) is 0 Å². The van der Waals surface area contributed by atoms with Crippen LogP contribution in [0.4, 0.5) is 0 Å². The molecular formula is C16H28O2. The highest BCUT2D eigenvalue weighted by Crippen LogP contribution is 2.19. The first kappa shape index (κ1) is 17.1. The van der Waals surface area contributed by atoms with Crippen molar-refractivity contribution in [3.63, 3.8) is 0 Å². The third-order valence-corrected chi connectivity index (χ3v) is 2.79. The third-order valence-electron chi connectivity index (χ3n) is 2.79. The first-order valence-corrected chi connectivity index (χ1v) is 6.74. The highest BCUT2D eigenvalue weighted by Gasteiger charge is 2.22. The predicted molar refractivity (Wildman–Crippen MR) is 77.6 cm³/mol. The van der Waals surface area contributed by atoms with Gasteiger partial charge in [-0.05, 0) is 53.9 Å². The van der Waals surface area contributed by atoms with Crippen molar-refractivity contribution in [2.75, 3.05) is 0 Å². The summed E-state index contributed by atoms with van der Waals surface area (Å²) in [5.74, 6) is 0.148. The molecule has 0 rings (SSSR count). The van der Waals surface area contributed by atoms with Crippen LogP contribution in [0.25, 0.3) is 0 Å². The summed E-state index contributed by atoms with van der Waals surface area (Å²) >= 11 is 0. The second kappa shape index (κ2) is 8.25. The first-order chi connectivity index (χ1) is 8.23. The van der Waals surface area contributed by atoms with E-state index in [2.05, 4.69) is 12.2 Å². The Morgan fingerprint density at radius 3 is 2.06 bits per heavy atom. The molecule has 0 bridgehead atoms. The van der Waals surface area contributed by atoms with Gasteiger partial charge in [0.1, 0.15) is 5.78 Å². The Balaban J connectivity index is 4.03. The van der Waals surface area contributed by atoms with Gasteiger partial charge in [-0.3, -0.25) is 4.79 Å². The van der Waals surface area contributed by atoms with Crippen LogP contribution in [0.15, 0.2) is 23.3 Å². The molecule has 0 aromatic rings. The Labute approximate surface area is 112 Å². The molecule has 1 unspecified atom stereocenters. The number of Topliss-reactive ketones (excluding diaryl/α,β-unsaturated/α-hetero) is 1. The minimum Gasteiger partial charge on any atom is -0.390 e. The fraction of sp³-hybridized carbons (Fsp3) is 0.688. The number of allylic oxidation sites excluding steroid dienone is 4. The molecule has 0 radical (unpaired) electrons. The Kier molecular flexibility index (Phi) is 7.85. The zero-order valence-corrected chi connectivity index (χ0v) is 12.5. The second-order valence-electron chi connectivity index (χ2n) is 5.85. The van der Waals surface area contributed by atoms with E-state index in [1.54, 1.807) is 6.92 Å². The Bertz CT molecular complexity index is 314. The molecule has 0 aromatic carbocycles. The van der Waals surface area contributed by atoms with Crippen molar-refractivity contribution in [3.8, 4) is 0 Å². The van der Waals surface area contributed by atoms with Gasteiger partial charge in [0.2, 0.25) is 0 Å². The molecule has 2 nitrogen and oxygen atoms in total. The molecule has 0 aromatic heterocycles. The Hall–Kier alpha value is -0.890. The number of hydrogen-bond donors (Lipinski definition) is 1. The minimum atomic E-state index is -0.867. The summed E-state index contributed by atoms with van der Waals surface area (Å²) < 4.78 is 0. The van der Waals surface area contributed by atoms with Gasteiger partial charge in [-0.1, -0.05) is 23.3 Å². The SMILES string of the molecule is CC(C)=CCCC(=O)CC(C)(O)CCC=C(C)C. The summed E-state index contributed by atoms with van der Waals surface area (Å²) in [7, 11) is 0. The van der Waals surface area contributed by atoms with E-state index in [-0.39, 0.29) is 12.2 Å². The molecule has 0 amide bonds. The van der Waals surface area contributed by atoms with E-state index >= 15 is 0 Å². The highest BCUT2D eigenvalue weighted by molar-refractivity contribution is 5.79.